The van der Waals surface area contributed by atoms with Crippen molar-refractivity contribution in [2.75, 3.05) is 22.7 Å². The minimum Gasteiger partial charge on any atom is -0.326 e. The number of rotatable bonds is 5. The number of anilines is 1. The fourth-order valence-corrected chi connectivity index (χ4v) is 4.20. The van der Waals surface area contributed by atoms with Gasteiger partial charge in [-0.15, -0.1) is 11.6 Å². The van der Waals surface area contributed by atoms with Crippen LogP contribution in [-0.2, 0) is 21.1 Å². The molecule has 1 N–H and O–H groups in total. The monoisotopic (exact) mass is 315 g/mol. The minimum absolute atomic E-state index is 0.0369. The first-order valence-electron chi connectivity index (χ1n) is 6.66. The number of hydrogen-bond donors (Lipinski definition) is 1. The molecule has 1 aromatic rings. The van der Waals surface area contributed by atoms with Gasteiger partial charge in [0.25, 0.3) is 0 Å². The maximum Gasteiger partial charge on any atom is 0.228 e. The van der Waals surface area contributed by atoms with Gasteiger partial charge in [-0.05, 0) is 37.0 Å². The molecule has 0 spiro atoms. The van der Waals surface area contributed by atoms with E-state index < -0.39 is 15.8 Å². The van der Waals surface area contributed by atoms with E-state index in [4.69, 9.17) is 11.6 Å². The van der Waals surface area contributed by atoms with Crippen LogP contribution in [0.2, 0.25) is 0 Å². The van der Waals surface area contributed by atoms with E-state index in [-0.39, 0.29) is 17.4 Å². The van der Waals surface area contributed by atoms with Crippen LogP contribution in [0.1, 0.15) is 18.4 Å². The normalized spacial score (nSPS) is 20.8. The Morgan fingerprint density at radius 1 is 1.40 bits per heavy atom. The molecule has 1 amide bonds. The molecule has 110 valence electrons. The van der Waals surface area contributed by atoms with Gasteiger partial charge in [-0.1, -0.05) is 12.1 Å². The molecular formula is C14H18ClNO3S. The molecular weight excluding hydrogens is 298 g/mol. The number of carbonyl (C=O) groups is 1. The lowest BCUT2D eigenvalue weighted by atomic mass is 10.1. The smallest absolute Gasteiger partial charge is 0.228 e. The third-order valence-corrected chi connectivity index (χ3v) is 5.43. The number of aryl methyl sites for hydroxylation is 1. The van der Waals surface area contributed by atoms with Gasteiger partial charge in [0.05, 0.1) is 17.4 Å². The summed E-state index contributed by atoms with van der Waals surface area (Å²) in [7, 11) is -3.03. The van der Waals surface area contributed by atoms with Crippen molar-refractivity contribution in [3.05, 3.63) is 29.8 Å². The lowest BCUT2D eigenvalue weighted by molar-refractivity contribution is -0.119. The van der Waals surface area contributed by atoms with Crippen LogP contribution in [0.4, 0.5) is 5.69 Å². The Morgan fingerprint density at radius 2 is 2.20 bits per heavy atom. The van der Waals surface area contributed by atoms with Crippen LogP contribution in [0.5, 0.6) is 0 Å². The zero-order valence-electron chi connectivity index (χ0n) is 11.1. The van der Waals surface area contributed by atoms with Crippen molar-refractivity contribution in [1.29, 1.82) is 0 Å². The molecule has 0 bridgehead atoms. The summed E-state index contributed by atoms with van der Waals surface area (Å²) in [5.41, 5.74) is 1.83. The van der Waals surface area contributed by atoms with Crippen molar-refractivity contribution in [1.82, 2.24) is 0 Å². The van der Waals surface area contributed by atoms with Gasteiger partial charge in [-0.25, -0.2) is 8.42 Å². The Balaban J connectivity index is 1.97. The molecule has 0 aromatic heterocycles. The average molecular weight is 316 g/mol. The van der Waals surface area contributed by atoms with Gasteiger partial charge in [-0.2, -0.15) is 0 Å². The van der Waals surface area contributed by atoms with Crippen LogP contribution in [0.15, 0.2) is 24.3 Å². The van der Waals surface area contributed by atoms with Gasteiger partial charge in [0, 0.05) is 11.6 Å². The predicted octanol–water partition coefficient (Wildman–Crippen LogP) is 2.23. The Labute approximate surface area is 124 Å². The molecule has 1 unspecified atom stereocenters. The van der Waals surface area contributed by atoms with Crippen molar-refractivity contribution in [2.45, 2.75) is 19.3 Å². The summed E-state index contributed by atoms with van der Waals surface area (Å²) in [5.74, 6) is 0.0503. The first-order chi connectivity index (χ1) is 9.50. The number of halogens is 1. The number of benzene rings is 1. The Morgan fingerprint density at radius 3 is 2.85 bits per heavy atom. The largest absolute Gasteiger partial charge is 0.326 e. The molecule has 1 atom stereocenters. The fraction of sp³-hybridized carbons (Fsp3) is 0.500. The molecule has 0 radical (unpaired) electrons. The molecule has 0 saturated carbocycles. The standard InChI is InChI=1S/C14H18ClNO3S/c15-7-2-4-11-3-1-5-13(9-11)16-14(17)12-6-8-20(18,19)10-12/h1,3,5,9,12H,2,4,6-8,10H2,(H,16,17). The van der Waals surface area contributed by atoms with Crippen molar-refractivity contribution in [3.63, 3.8) is 0 Å². The molecule has 1 aromatic carbocycles. The van der Waals surface area contributed by atoms with E-state index in [1.54, 1.807) is 0 Å². The topological polar surface area (TPSA) is 63.2 Å². The highest BCUT2D eigenvalue weighted by Gasteiger charge is 2.32. The molecule has 2 rings (SSSR count). The summed E-state index contributed by atoms with van der Waals surface area (Å²) in [4.78, 5) is 12.0. The second kappa shape index (κ2) is 6.59. The van der Waals surface area contributed by atoms with Crippen LogP contribution in [0.3, 0.4) is 0 Å². The quantitative estimate of drug-likeness (QED) is 0.848. The third kappa shape index (κ3) is 4.21. The molecule has 1 aliphatic heterocycles. The first-order valence-corrected chi connectivity index (χ1v) is 9.02. The van der Waals surface area contributed by atoms with Crippen molar-refractivity contribution >= 4 is 33.0 Å². The second-order valence-electron chi connectivity index (χ2n) is 5.08. The third-order valence-electron chi connectivity index (χ3n) is 3.40. The molecule has 1 aliphatic rings. The summed E-state index contributed by atoms with van der Waals surface area (Å²) in [5, 5.41) is 2.80. The molecule has 1 fully saturated rings. The van der Waals surface area contributed by atoms with Gasteiger partial charge in [0.2, 0.25) is 5.91 Å². The number of nitrogens with one attached hydrogen (secondary N) is 1. The van der Waals surface area contributed by atoms with Gasteiger partial charge < -0.3 is 5.32 Å². The molecule has 4 nitrogen and oxygen atoms in total. The zero-order valence-corrected chi connectivity index (χ0v) is 12.7. The SMILES string of the molecule is O=C(Nc1cccc(CCCCl)c1)C1CCS(=O)(=O)C1. The maximum absolute atomic E-state index is 12.0. The van der Waals surface area contributed by atoms with E-state index in [1.165, 1.54) is 0 Å². The summed E-state index contributed by atoms with van der Waals surface area (Å²) in [6.07, 6.45) is 2.17. The zero-order chi connectivity index (χ0) is 14.6. The summed E-state index contributed by atoms with van der Waals surface area (Å²) in [6, 6.07) is 7.59. The van der Waals surface area contributed by atoms with E-state index in [2.05, 4.69) is 5.32 Å². The van der Waals surface area contributed by atoms with Crippen molar-refractivity contribution < 1.29 is 13.2 Å². The van der Waals surface area contributed by atoms with Crippen LogP contribution >= 0.6 is 11.6 Å². The van der Waals surface area contributed by atoms with E-state index in [0.717, 1.165) is 18.4 Å². The van der Waals surface area contributed by atoms with Crippen molar-refractivity contribution in [2.24, 2.45) is 5.92 Å². The van der Waals surface area contributed by atoms with E-state index in [0.29, 0.717) is 18.0 Å². The number of sulfone groups is 1. The molecule has 20 heavy (non-hydrogen) atoms. The van der Waals surface area contributed by atoms with Crippen LogP contribution in [0, 0.1) is 5.92 Å². The fourth-order valence-electron chi connectivity index (χ4n) is 2.32. The van der Waals surface area contributed by atoms with E-state index >= 15 is 0 Å². The van der Waals surface area contributed by atoms with E-state index in [9.17, 15) is 13.2 Å². The van der Waals surface area contributed by atoms with Crippen LogP contribution in [-0.4, -0.2) is 31.7 Å². The Bertz CT molecular complexity index is 586. The highest BCUT2D eigenvalue weighted by Crippen LogP contribution is 2.21. The van der Waals surface area contributed by atoms with Crippen molar-refractivity contribution in [3.8, 4) is 0 Å². The van der Waals surface area contributed by atoms with Gasteiger partial charge in [-0.3, -0.25) is 4.79 Å². The molecule has 1 saturated heterocycles. The highest BCUT2D eigenvalue weighted by atomic mass is 35.5. The first kappa shape index (κ1) is 15.3. The van der Waals surface area contributed by atoms with Crippen LogP contribution in [0.25, 0.3) is 0 Å². The predicted molar refractivity (Wildman–Crippen MR) is 80.9 cm³/mol. The minimum atomic E-state index is -3.03. The average Bonchev–Trinajstić information content (AvgIpc) is 2.77. The number of carbonyl (C=O) groups excluding carboxylic acids is 1. The van der Waals surface area contributed by atoms with Gasteiger partial charge in [0.1, 0.15) is 0 Å². The Kier molecular flexibility index (Phi) is 5.05. The van der Waals surface area contributed by atoms with Gasteiger partial charge in [0.15, 0.2) is 9.84 Å². The molecule has 0 aliphatic carbocycles. The second-order valence-corrected chi connectivity index (χ2v) is 7.69. The summed E-state index contributed by atoms with van der Waals surface area (Å²) >= 11 is 5.66. The molecule has 1 heterocycles. The lowest BCUT2D eigenvalue weighted by Gasteiger charge is -2.10. The maximum atomic E-state index is 12.0. The molecule has 6 heteroatoms. The van der Waals surface area contributed by atoms with Gasteiger partial charge >= 0.3 is 0 Å². The summed E-state index contributed by atoms with van der Waals surface area (Å²) < 4.78 is 22.8. The Hall–Kier alpha value is -1.07. The number of alkyl halides is 1. The highest BCUT2D eigenvalue weighted by molar-refractivity contribution is 7.91. The summed E-state index contributed by atoms with van der Waals surface area (Å²) in [6.45, 7) is 0. The number of hydrogen-bond acceptors (Lipinski definition) is 3. The van der Waals surface area contributed by atoms with E-state index in [1.807, 2.05) is 24.3 Å². The lowest BCUT2D eigenvalue weighted by Crippen LogP contribution is -2.23. The van der Waals surface area contributed by atoms with Crippen LogP contribution < -0.4 is 5.32 Å². The number of amides is 1.